The zero-order chi connectivity index (χ0) is 17.9. The van der Waals surface area contributed by atoms with Crippen LogP contribution in [-0.2, 0) is 4.79 Å². The van der Waals surface area contributed by atoms with E-state index in [2.05, 4.69) is 15.6 Å². The van der Waals surface area contributed by atoms with Crippen LogP contribution in [0.1, 0.15) is 29.1 Å². The van der Waals surface area contributed by atoms with Gasteiger partial charge in [-0.3, -0.25) is 9.59 Å². The van der Waals surface area contributed by atoms with Gasteiger partial charge in [-0.1, -0.05) is 19.9 Å². The van der Waals surface area contributed by atoms with E-state index in [0.29, 0.717) is 5.13 Å². The van der Waals surface area contributed by atoms with Crippen molar-refractivity contribution < 1.29 is 18.4 Å². The Balaban J connectivity index is 2.16. The molecule has 8 heteroatoms. The molecule has 1 aromatic heterocycles. The first-order valence-electron chi connectivity index (χ1n) is 7.27. The molecule has 0 saturated carbocycles. The van der Waals surface area contributed by atoms with E-state index in [1.807, 2.05) is 6.92 Å². The SMILES string of the molecule is Cc1cnc(NC(=O)[C@@H](NC(=O)c2c(F)cccc2F)C(C)C)s1. The summed E-state index contributed by atoms with van der Waals surface area (Å²) in [5, 5.41) is 5.38. The van der Waals surface area contributed by atoms with Gasteiger partial charge < -0.3 is 10.6 Å². The molecule has 0 aliphatic rings. The minimum atomic E-state index is -0.981. The van der Waals surface area contributed by atoms with Gasteiger partial charge in [-0.2, -0.15) is 0 Å². The first-order chi connectivity index (χ1) is 11.3. The Morgan fingerprint density at radius 2 is 1.83 bits per heavy atom. The molecule has 2 aromatic rings. The van der Waals surface area contributed by atoms with E-state index in [4.69, 9.17) is 0 Å². The zero-order valence-corrected chi connectivity index (χ0v) is 14.2. The first kappa shape index (κ1) is 18.0. The second kappa shape index (κ2) is 7.48. The molecule has 24 heavy (non-hydrogen) atoms. The van der Waals surface area contributed by atoms with Crippen molar-refractivity contribution in [3.8, 4) is 0 Å². The summed E-state index contributed by atoms with van der Waals surface area (Å²) in [6, 6.07) is 2.18. The molecule has 0 fully saturated rings. The third-order valence-corrected chi connectivity index (χ3v) is 4.11. The van der Waals surface area contributed by atoms with E-state index in [0.717, 1.165) is 17.0 Å². The first-order valence-corrected chi connectivity index (χ1v) is 8.09. The third-order valence-electron chi connectivity index (χ3n) is 3.28. The average Bonchev–Trinajstić information content (AvgIpc) is 2.89. The highest BCUT2D eigenvalue weighted by Gasteiger charge is 2.27. The number of carbonyl (C=O) groups is 2. The molecule has 0 bridgehead atoms. The number of nitrogens with one attached hydrogen (secondary N) is 2. The third kappa shape index (κ3) is 4.14. The lowest BCUT2D eigenvalue weighted by molar-refractivity contribution is -0.118. The molecular weight excluding hydrogens is 336 g/mol. The molecule has 0 aliphatic heterocycles. The predicted octanol–water partition coefficient (Wildman–Crippen LogP) is 3.12. The average molecular weight is 353 g/mol. The number of anilines is 1. The number of hydrogen-bond acceptors (Lipinski definition) is 4. The lowest BCUT2D eigenvalue weighted by Crippen LogP contribution is -2.47. The molecule has 2 amide bonds. The standard InChI is InChI=1S/C16H17F2N3O2S/c1-8(2)13(15(23)21-16-19-7-9(3)24-16)20-14(22)12-10(17)5-4-6-11(12)18/h4-8,13H,1-3H3,(H,20,22)(H,19,21,23)/t13-/m0/s1. The smallest absolute Gasteiger partial charge is 0.257 e. The predicted molar refractivity (Wildman–Crippen MR) is 87.9 cm³/mol. The number of nitrogens with zero attached hydrogens (tertiary/aromatic N) is 1. The van der Waals surface area contributed by atoms with Crippen molar-refractivity contribution in [1.82, 2.24) is 10.3 Å². The summed E-state index contributed by atoms with van der Waals surface area (Å²) in [7, 11) is 0. The lowest BCUT2D eigenvalue weighted by Gasteiger charge is -2.21. The van der Waals surface area contributed by atoms with Crippen LogP contribution in [0.4, 0.5) is 13.9 Å². The number of halogens is 2. The number of benzene rings is 1. The maximum atomic E-state index is 13.7. The van der Waals surface area contributed by atoms with Crippen LogP contribution in [-0.4, -0.2) is 22.8 Å². The minimum absolute atomic E-state index is 0.287. The Morgan fingerprint density at radius 3 is 2.33 bits per heavy atom. The molecule has 128 valence electrons. The van der Waals surface area contributed by atoms with E-state index < -0.39 is 35.1 Å². The van der Waals surface area contributed by atoms with Gasteiger partial charge in [0.25, 0.3) is 5.91 Å². The van der Waals surface area contributed by atoms with E-state index in [-0.39, 0.29) is 5.92 Å². The van der Waals surface area contributed by atoms with Crippen LogP contribution in [0, 0.1) is 24.5 Å². The van der Waals surface area contributed by atoms with Gasteiger partial charge in [-0.15, -0.1) is 11.3 Å². The molecule has 5 nitrogen and oxygen atoms in total. The summed E-state index contributed by atoms with van der Waals surface area (Å²) in [4.78, 5) is 29.5. The van der Waals surface area contributed by atoms with Crippen molar-refractivity contribution in [1.29, 1.82) is 0 Å². The van der Waals surface area contributed by atoms with Crippen molar-refractivity contribution in [2.75, 3.05) is 5.32 Å². The zero-order valence-electron chi connectivity index (χ0n) is 13.4. The molecule has 0 spiro atoms. The lowest BCUT2D eigenvalue weighted by atomic mass is 10.0. The molecule has 0 unspecified atom stereocenters. The Bertz CT molecular complexity index is 741. The van der Waals surface area contributed by atoms with Crippen molar-refractivity contribution >= 4 is 28.3 Å². The van der Waals surface area contributed by atoms with Gasteiger partial charge in [0.1, 0.15) is 23.2 Å². The molecule has 1 heterocycles. The number of rotatable bonds is 5. The number of amides is 2. The summed E-state index contributed by atoms with van der Waals surface area (Å²) >= 11 is 1.29. The van der Waals surface area contributed by atoms with Crippen LogP contribution >= 0.6 is 11.3 Å². The second-order valence-electron chi connectivity index (χ2n) is 5.56. The van der Waals surface area contributed by atoms with Crippen LogP contribution in [0.2, 0.25) is 0 Å². The number of carbonyl (C=O) groups excluding carboxylic acids is 2. The van der Waals surface area contributed by atoms with Gasteiger partial charge in [0, 0.05) is 11.1 Å². The number of hydrogen-bond donors (Lipinski definition) is 2. The normalized spacial score (nSPS) is 12.1. The highest BCUT2D eigenvalue weighted by Crippen LogP contribution is 2.18. The van der Waals surface area contributed by atoms with Gasteiger partial charge in [-0.25, -0.2) is 13.8 Å². The van der Waals surface area contributed by atoms with Crippen molar-refractivity contribution in [3.63, 3.8) is 0 Å². The summed E-state index contributed by atoms with van der Waals surface area (Å²) < 4.78 is 27.4. The van der Waals surface area contributed by atoms with Crippen molar-refractivity contribution in [2.24, 2.45) is 5.92 Å². The molecule has 0 aliphatic carbocycles. The largest absolute Gasteiger partial charge is 0.340 e. The highest BCUT2D eigenvalue weighted by atomic mass is 32.1. The van der Waals surface area contributed by atoms with Gasteiger partial charge >= 0.3 is 0 Å². The van der Waals surface area contributed by atoms with Gasteiger partial charge in [-0.05, 0) is 25.0 Å². The summed E-state index contributed by atoms with van der Waals surface area (Å²) in [5.41, 5.74) is -0.707. The fourth-order valence-electron chi connectivity index (χ4n) is 2.06. The minimum Gasteiger partial charge on any atom is -0.340 e. The number of aryl methyl sites for hydroxylation is 1. The van der Waals surface area contributed by atoms with Crippen molar-refractivity contribution in [2.45, 2.75) is 26.8 Å². The van der Waals surface area contributed by atoms with Crippen LogP contribution in [0.15, 0.2) is 24.4 Å². The van der Waals surface area contributed by atoms with Gasteiger partial charge in [0.05, 0.1) is 0 Å². The van der Waals surface area contributed by atoms with Crippen LogP contribution < -0.4 is 10.6 Å². The molecule has 0 radical (unpaired) electrons. The molecule has 1 atom stereocenters. The van der Waals surface area contributed by atoms with Gasteiger partial charge in [0.15, 0.2) is 5.13 Å². The second-order valence-corrected chi connectivity index (χ2v) is 6.79. The maximum Gasteiger partial charge on any atom is 0.257 e. The molecule has 2 rings (SSSR count). The van der Waals surface area contributed by atoms with E-state index in [1.54, 1.807) is 20.0 Å². The number of thiazole rings is 1. The Kier molecular flexibility index (Phi) is 5.61. The topological polar surface area (TPSA) is 71.1 Å². The van der Waals surface area contributed by atoms with Crippen LogP contribution in [0.3, 0.4) is 0 Å². The molecule has 2 N–H and O–H groups in total. The number of aromatic nitrogens is 1. The molecular formula is C16H17F2N3O2S. The monoisotopic (exact) mass is 353 g/mol. The van der Waals surface area contributed by atoms with Crippen molar-refractivity contribution in [3.05, 3.63) is 46.5 Å². The fourth-order valence-corrected chi connectivity index (χ4v) is 2.73. The van der Waals surface area contributed by atoms with E-state index >= 15 is 0 Å². The quantitative estimate of drug-likeness (QED) is 0.868. The molecule has 0 saturated heterocycles. The van der Waals surface area contributed by atoms with Crippen LogP contribution in [0.5, 0.6) is 0 Å². The maximum absolute atomic E-state index is 13.7. The Labute approximate surface area is 142 Å². The van der Waals surface area contributed by atoms with E-state index in [1.165, 1.54) is 17.4 Å². The fraction of sp³-hybridized carbons (Fsp3) is 0.312. The van der Waals surface area contributed by atoms with E-state index in [9.17, 15) is 18.4 Å². The Morgan fingerprint density at radius 1 is 1.21 bits per heavy atom. The highest BCUT2D eigenvalue weighted by molar-refractivity contribution is 7.15. The van der Waals surface area contributed by atoms with Crippen LogP contribution in [0.25, 0.3) is 0 Å². The molecule has 1 aromatic carbocycles. The summed E-state index contributed by atoms with van der Waals surface area (Å²) in [6.45, 7) is 5.28. The Hall–Kier alpha value is -2.35. The summed E-state index contributed by atoms with van der Waals surface area (Å²) in [5.74, 6) is -3.72. The summed E-state index contributed by atoms with van der Waals surface area (Å²) in [6.07, 6.45) is 1.61. The van der Waals surface area contributed by atoms with Gasteiger partial charge in [0.2, 0.25) is 5.91 Å².